The quantitative estimate of drug-likeness (QED) is 0.391. The van der Waals surface area contributed by atoms with Gasteiger partial charge in [0.15, 0.2) is 0 Å². The van der Waals surface area contributed by atoms with Crippen molar-refractivity contribution in [3.05, 3.63) is 11.8 Å². The van der Waals surface area contributed by atoms with Crippen LogP contribution in [0.15, 0.2) is 11.8 Å². The number of rotatable bonds is 5. The van der Waals surface area contributed by atoms with Crippen molar-refractivity contribution in [2.75, 3.05) is 14.2 Å². The molecule has 0 spiro atoms. The lowest BCUT2D eigenvalue weighted by atomic mass is 10.4. The van der Waals surface area contributed by atoms with Gasteiger partial charge in [-0.25, -0.2) is 0 Å². The molecule has 13 heavy (non-hydrogen) atoms. The minimum absolute atomic E-state index is 0.378. The molecule has 78 valence electrons. The number of ether oxygens (including phenoxy) is 2. The van der Waals surface area contributed by atoms with Crippen LogP contribution in [0.25, 0.3) is 0 Å². The number of methoxy groups -OCH3 is 2. The Morgan fingerprint density at radius 2 is 1.62 bits per heavy atom. The fraction of sp³-hybridized carbons (Fsp3) is 0.778. The smallest absolute Gasteiger partial charge is 0.242 e. The summed E-state index contributed by atoms with van der Waals surface area (Å²) in [5, 5.41) is 0. The zero-order chi connectivity index (χ0) is 10.5. The highest BCUT2D eigenvalue weighted by Gasteiger charge is 2.22. The van der Waals surface area contributed by atoms with E-state index in [1.165, 1.54) is 0 Å². The van der Waals surface area contributed by atoms with Gasteiger partial charge in [0.05, 0.1) is 0 Å². The molecule has 0 heterocycles. The first-order chi connectivity index (χ1) is 5.94. The van der Waals surface area contributed by atoms with Crippen LogP contribution in [0.5, 0.6) is 0 Å². The number of hydrogen-bond donors (Lipinski definition) is 0. The first-order valence-electron chi connectivity index (χ1n) is 4.35. The van der Waals surface area contributed by atoms with Gasteiger partial charge in [0, 0.05) is 14.2 Å². The molecule has 0 aromatic carbocycles. The molecule has 0 saturated heterocycles. The Morgan fingerprint density at radius 1 is 1.15 bits per heavy atom. The molecule has 3 nitrogen and oxygen atoms in total. The van der Waals surface area contributed by atoms with Gasteiger partial charge in [-0.05, 0) is 32.6 Å². The summed E-state index contributed by atoms with van der Waals surface area (Å²) in [7, 11) is 1.64. The minimum Gasteiger partial charge on any atom is -0.544 e. The third-order valence-corrected chi connectivity index (χ3v) is 2.22. The summed E-state index contributed by atoms with van der Waals surface area (Å²) < 4.78 is 16.0. The van der Waals surface area contributed by atoms with Crippen LogP contribution in [0.3, 0.4) is 0 Å². The molecule has 0 rings (SSSR count). The lowest BCUT2D eigenvalue weighted by Crippen LogP contribution is -2.30. The van der Waals surface area contributed by atoms with Gasteiger partial charge in [0.25, 0.3) is 0 Å². The molecule has 0 aromatic rings. The van der Waals surface area contributed by atoms with Gasteiger partial charge in [-0.2, -0.15) is 0 Å². The largest absolute Gasteiger partial charge is 0.544 e. The molecule has 0 saturated carbocycles. The lowest BCUT2D eigenvalue weighted by Gasteiger charge is -2.25. The summed E-state index contributed by atoms with van der Waals surface area (Å²) in [6.45, 7) is 8.29. The van der Waals surface area contributed by atoms with Gasteiger partial charge in [-0.1, -0.05) is 0 Å². The molecule has 0 N–H and O–H groups in total. The molecule has 0 aliphatic heterocycles. The highest BCUT2D eigenvalue weighted by Crippen LogP contribution is 2.15. The Balaban J connectivity index is 4.35. The Labute approximate surface area is 81.8 Å². The third kappa shape index (κ3) is 5.08. The average molecular weight is 204 g/mol. The highest BCUT2D eigenvalue weighted by molar-refractivity contribution is 6.70. The van der Waals surface area contributed by atoms with E-state index in [9.17, 15) is 0 Å². The summed E-state index contributed by atoms with van der Waals surface area (Å²) in [4.78, 5) is 0. The third-order valence-electron chi connectivity index (χ3n) is 1.37. The van der Waals surface area contributed by atoms with Gasteiger partial charge in [-0.15, -0.1) is 0 Å². The van der Waals surface area contributed by atoms with Gasteiger partial charge >= 0.3 is 0 Å². The Bertz CT molecular complexity index is 168. The van der Waals surface area contributed by atoms with Crippen molar-refractivity contribution in [3.63, 3.8) is 0 Å². The predicted molar refractivity (Wildman–Crippen MR) is 56.0 cm³/mol. The highest BCUT2D eigenvalue weighted by atomic mass is 28.4. The summed E-state index contributed by atoms with van der Waals surface area (Å²) in [6, 6.07) is 0. The Hall–Kier alpha value is -0.323. The van der Waals surface area contributed by atoms with E-state index in [-0.39, 0.29) is 6.29 Å². The van der Waals surface area contributed by atoms with Crippen LogP contribution in [0.2, 0.25) is 19.6 Å². The van der Waals surface area contributed by atoms with Crippen LogP contribution in [0.4, 0.5) is 0 Å². The van der Waals surface area contributed by atoms with Crippen LogP contribution in [0.1, 0.15) is 6.92 Å². The van der Waals surface area contributed by atoms with Crippen molar-refractivity contribution in [3.8, 4) is 0 Å². The van der Waals surface area contributed by atoms with Crippen molar-refractivity contribution in [2.24, 2.45) is 0 Å². The molecule has 0 aliphatic rings. The molecule has 0 atom stereocenters. The normalized spacial score (nSPS) is 13.6. The van der Waals surface area contributed by atoms with Gasteiger partial charge < -0.3 is 13.9 Å². The summed E-state index contributed by atoms with van der Waals surface area (Å²) >= 11 is 0. The van der Waals surface area contributed by atoms with E-state index in [0.717, 1.165) is 5.76 Å². The van der Waals surface area contributed by atoms with Crippen molar-refractivity contribution in [1.29, 1.82) is 0 Å². The van der Waals surface area contributed by atoms with E-state index in [1.807, 2.05) is 13.0 Å². The summed E-state index contributed by atoms with van der Waals surface area (Å²) in [5.74, 6) is 0.768. The Morgan fingerprint density at radius 3 is 1.85 bits per heavy atom. The maximum Gasteiger partial charge on any atom is 0.242 e. The molecule has 0 aliphatic carbocycles. The summed E-state index contributed by atoms with van der Waals surface area (Å²) in [6.07, 6.45) is 1.51. The second kappa shape index (κ2) is 5.42. The molecule has 0 aromatic heterocycles. The van der Waals surface area contributed by atoms with Gasteiger partial charge in [0.1, 0.15) is 5.76 Å². The van der Waals surface area contributed by atoms with Crippen molar-refractivity contribution < 1.29 is 13.9 Å². The molecular weight excluding hydrogens is 184 g/mol. The molecule has 0 bridgehead atoms. The molecule has 4 heteroatoms. The fourth-order valence-electron chi connectivity index (χ4n) is 0.925. The van der Waals surface area contributed by atoms with Crippen molar-refractivity contribution in [1.82, 2.24) is 0 Å². The summed E-state index contributed by atoms with van der Waals surface area (Å²) in [5.41, 5.74) is 0. The van der Waals surface area contributed by atoms with E-state index in [0.29, 0.717) is 0 Å². The van der Waals surface area contributed by atoms with E-state index >= 15 is 0 Å². The standard InChI is InChI=1S/C9H20O3Si/c1-7-8(9(10-2)11-3)12-13(4,5)6/h7,9H,1-6H3/b8-7+. The second-order valence-corrected chi connectivity index (χ2v) is 8.14. The molecule has 0 amide bonds. The first-order valence-corrected chi connectivity index (χ1v) is 7.76. The SMILES string of the molecule is C/C=C(/O[Si](C)(C)C)C(OC)OC. The van der Waals surface area contributed by atoms with E-state index < -0.39 is 8.32 Å². The molecule has 0 unspecified atom stereocenters. The van der Waals surface area contributed by atoms with Crippen LogP contribution < -0.4 is 0 Å². The second-order valence-electron chi connectivity index (χ2n) is 3.71. The Kier molecular flexibility index (Phi) is 5.28. The molecular formula is C9H20O3Si. The lowest BCUT2D eigenvalue weighted by molar-refractivity contribution is -0.0941. The van der Waals surface area contributed by atoms with Crippen LogP contribution in [0, 0.1) is 0 Å². The maximum atomic E-state index is 5.78. The van der Waals surface area contributed by atoms with Crippen LogP contribution in [-0.4, -0.2) is 28.8 Å². The first kappa shape index (κ1) is 12.7. The van der Waals surface area contributed by atoms with Crippen molar-refractivity contribution in [2.45, 2.75) is 32.9 Å². The fourth-order valence-corrected chi connectivity index (χ4v) is 1.85. The van der Waals surface area contributed by atoms with Crippen LogP contribution in [-0.2, 0) is 13.9 Å². The average Bonchev–Trinajstić information content (AvgIpc) is 2.02. The number of allylic oxidation sites excluding steroid dienone is 1. The van der Waals surface area contributed by atoms with Crippen molar-refractivity contribution >= 4 is 8.32 Å². The molecule has 0 radical (unpaired) electrons. The van der Waals surface area contributed by atoms with Crippen LogP contribution >= 0.6 is 0 Å². The van der Waals surface area contributed by atoms with Gasteiger partial charge in [0.2, 0.25) is 14.6 Å². The zero-order valence-electron chi connectivity index (χ0n) is 9.38. The minimum atomic E-state index is -1.56. The monoisotopic (exact) mass is 204 g/mol. The van der Waals surface area contributed by atoms with Gasteiger partial charge in [-0.3, -0.25) is 0 Å². The number of hydrogen-bond acceptors (Lipinski definition) is 3. The maximum absolute atomic E-state index is 5.78. The topological polar surface area (TPSA) is 27.7 Å². The van der Waals surface area contributed by atoms with E-state index in [4.69, 9.17) is 13.9 Å². The predicted octanol–water partition coefficient (Wildman–Crippen LogP) is 2.36. The van der Waals surface area contributed by atoms with E-state index in [1.54, 1.807) is 14.2 Å². The zero-order valence-corrected chi connectivity index (χ0v) is 10.4. The van der Waals surface area contributed by atoms with E-state index in [2.05, 4.69) is 19.6 Å². The molecule has 0 fully saturated rings.